The molecule has 0 aliphatic carbocycles. The molecule has 0 fully saturated rings. The van der Waals surface area contributed by atoms with Gasteiger partial charge in [-0.25, -0.2) is 14.3 Å². The van der Waals surface area contributed by atoms with Crippen molar-refractivity contribution in [2.45, 2.75) is 6.92 Å². The molecular formula is C10H10N4O3. The van der Waals surface area contributed by atoms with E-state index in [1.807, 2.05) is 0 Å². The number of carbonyl (C=O) groups is 2. The van der Waals surface area contributed by atoms with Crippen molar-refractivity contribution >= 4 is 17.5 Å². The first-order valence-corrected chi connectivity index (χ1v) is 4.94. The van der Waals surface area contributed by atoms with E-state index in [-0.39, 0.29) is 23.5 Å². The fraction of sp³-hybridized carbons (Fsp3) is 0.200. The highest BCUT2D eigenvalue weighted by atomic mass is 16.5. The van der Waals surface area contributed by atoms with Crippen LogP contribution in [0.2, 0.25) is 0 Å². The van der Waals surface area contributed by atoms with E-state index in [4.69, 9.17) is 10.5 Å². The van der Waals surface area contributed by atoms with E-state index >= 15 is 0 Å². The van der Waals surface area contributed by atoms with E-state index in [1.54, 1.807) is 6.92 Å². The van der Waals surface area contributed by atoms with Crippen LogP contribution in [0.5, 0.6) is 0 Å². The number of hydrogen-bond acceptors (Lipinski definition) is 5. The molecule has 0 saturated carbocycles. The van der Waals surface area contributed by atoms with Gasteiger partial charge in [-0.2, -0.15) is 5.10 Å². The summed E-state index contributed by atoms with van der Waals surface area (Å²) in [6.45, 7) is 1.96. The summed E-state index contributed by atoms with van der Waals surface area (Å²) in [6.07, 6.45) is 2.67. The summed E-state index contributed by atoms with van der Waals surface area (Å²) >= 11 is 0. The number of amides is 1. The van der Waals surface area contributed by atoms with E-state index in [2.05, 4.69) is 10.1 Å². The second-order valence-electron chi connectivity index (χ2n) is 3.21. The number of ether oxygens (including phenoxy) is 1. The van der Waals surface area contributed by atoms with Gasteiger partial charge in [0.15, 0.2) is 11.3 Å². The zero-order valence-electron chi connectivity index (χ0n) is 9.08. The molecule has 1 amide bonds. The van der Waals surface area contributed by atoms with Crippen molar-refractivity contribution in [2.24, 2.45) is 5.73 Å². The monoisotopic (exact) mass is 234 g/mol. The second-order valence-corrected chi connectivity index (χ2v) is 3.21. The van der Waals surface area contributed by atoms with Gasteiger partial charge in [-0.05, 0) is 13.0 Å². The Bertz CT molecular complexity index is 590. The van der Waals surface area contributed by atoms with Gasteiger partial charge >= 0.3 is 5.97 Å². The summed E-state index contributed by atoms with van der Waals surface area (Å²) in [5, 5.41) is 3.90. The summed E-state index contributed by atoms with van der Waals surface area (Å²) in [6, 6.07) is 1.46. The maximum absolute atomic E-state index is 11.6. The Morgan fingerprint density at radius 2 is 2.29 bits per heavy atom. The summed E-state index contributed by atoms with van der Waals surface area (Å²) in [4.78, 5) is 26.7. The Morgan fingerprint density at radius 3 is 2.94 bits per heavy atom. The first kappa shape index (κ1) is 11.1. The maximum atomic E-state index is 11.6. The van der Waals surface area contributed by atoms with Crippen molar-refractivity contribution in [1.29, 1.82) is 0 Å². The lowest BCUT2D eigenvalue weighted by Gasteiger charge is -2.03. The SMILES string of the molecule is CCOC(=O)c1ccnc2c(C(N)=O)cnn12. The van der Waals surface area contributed by atoms with Crippen molar-refractivity contribution in [2.75, 3.05) is 6.61 Å². The Hall–Kier alpha value is -2.44. The minimum atomic E-state index is -0.645. The van der Waals surface area contributed by atoms with Crippen molar-refractivity contribution < 1.29 is 14.3 Å². The number of nitrogens with zero attached hydrogens (tertiary/aromatic N) is 3. The topological polar surface area (TPSA) is 99.6 Å². The Kier molecular flexibility index (Phi) is 2.73. The fourth-order valence-electron chi connectivity index (χ4n) is 1.42. The average molecular weight is 234 g/mol. The van der Waals surface area contributed by atoms with Crippen LogP contribution < -0.4 is 5.73 Å². The van der Waals surface area contributed by atoms with Crippen LogP contribution >= 0.6 is 0 Å². The zero-order valence-corrected chi connectivity index (χ0v) is 9.08. The number of nitrogens with two attached hydrogens (primary N) is 1. The molecule has 0 radical (unpaired) electrons. The summed E-state index contributed by atoms with van der Waals surface area (Å²) < 4.78 is 6.10. The lowest BCUT2D eigenvalue weighted by Crippen LogP contribution is -2.13. The number of carbonyl (C=O) groups excluding carboxylic acids is 2. The fourth-order valence-corrected chi connectivity index (χ4v) is 1.42. The van der Waals surface area contributed by atoms with Crippen LogP contribution in [0.1, 0.15) is 27.8 Å². The smallest absolute Gasteiger partial charge is 0.357 e. The second kappa shape index (κ2) is 4.20. The number of esters is 1. The molecule has 0 unspecified atom stereocenters. The normalized spacial score (nSPS) is 10.4. The first-order valence-electron chi connectivity index (χ1n) is 4.94. The summed E-state index contributed by atoms with van der Waals surface area (Å²) in [5.74, 6) is -1.17. The van der Waals surface area contributed by atoms with Crippen LogP contribution in [-0.4, -0.2) is 33.1 Å². The maximum Gasteiger partial charge on any atom is 0.357 e. The Labute approximate surface area is 96.2 Å². The van der Waals surface area contributed by atoms with Crippen LogP contribution in [0.3, 0.4) is 0 Å². The number of rotatable bonds is 3. The molecule has 0 aliphatic rings. The summed E-state index contributed by atoms with van der Waals surface area (Å²) in [5.41, 5.74) is 5.76. The van der Waals surface area contributed by atoms with Crippen molar-refractivity contribution in [1.82, 2.24) is 14.6 Å². The zero-order chi connectivity index (χ0) is 12.4. The van der Waals surface area contributed by atoms with Crippen LogP contribution in [0.15, 0.2) is 18.5 Å². The molecule has 0 saturated heterocycles. The van der Waals surface area contributed by atoms with Crippen LogP contribution in [0, 0.1) is 0 Å². The number of hydrogen-bond donors (Lipinski definition) is 1. The van der Waals surface area contributed by atoms with E-state index in [9.17, 15) is 9.59 Å². The number of primary amides is 1. The molecule has 7 heteroatoms. The summed E-state index contributed by atoms with van der Waals surface area (Å²) in [7, 11) is 0. The minimum absolute atomic E-state index is 0.163. The molecule has 17 heavy (non-hydrogen) atoms. The third-order valence-electron chi connectivity index (χ3n) is 2.15. The lowest BCUT2D eigenvalue weighted by molar-refractivity contribution is 0.0515. The molecule has 2 rings (SSSR count). The minimum Gasteiger partial charge on any atom is -0.461 e. The van der Waals surface area contributed by atoms with Crippen molar-refractivity contribution in [3.05, 3.63) is 29.7 Å². The van der Waals surface area contributed by atoms with Gasteiger partial charge in [-0.15, -0.1) is 0 Å². The molecule has 2 N–H and O–H groups in total. The van der Waals surface area contributed by atoms with Crippen LogP contribution in [-0.2, 0) is 4.74 Å². The predicted octanol–water partition coefficient (Wildman–Crippen LogP) is 0.00490. The largest absolute Gasteiger partial charge is 0.461 e. The molecule has 2 heterocycles. The van der Waals surface area contributed by atoms with Gasteiger partial charge < -0.3 is 10.5 Å². The highest BCUT2D eigenvalue weighted by Gasteiger charge is 2.17. The van der Waals surface area contributed by atoms with Gasteiger partial charge in [0.2, 0.25) is 0 Å². The standard InChI is InChI=1S/C10H10N4O3/c1-2-17-10(16)7-3-4-12-9-6(8(11)15)5-13-14(7)9/h3-5H,2H2,1H3,(H2,11,15). The Morgan fingerprint density at radius 1 is 1.53 bits per heavy atom. The molecular weight excluding hydrogens is 224 g/mol. The molecule has 0 bridgehead atoms. The molecule has 0 aromatic carbocycles. The molecule has 0 spiro atoms. The van der Waals surface area contributed by atoms with Crippen LogP contribution in [0.25, 0.3) is 5.65 Å². The number of aromatic nitrogens is 3. The molecule has 0 atom stereocenters. The van der Waals surface area contributed by atoms with Gasteiger partial charge in [-0.1, -0.05) is 0 Å². The molecule has 7 nitrogen and oxygen atoms in total. The van der Waals surface area contributed by atoms with Gasteiger partial charge in [0.1, 0.15) is 5.56 Å². The molecule has 2 aromatic heterocycles. The first-order chi connectivity index (χ1) is 8.15. The van der Waals surface area contributed by atoms with Gasteiger partial charge in [-0.3, -0.25) is 4.79 Å². The van der Waals surface area contributed by atoms with Crippen LogP contribution in [0.4, 0.5) is 0 Å². The van der Waals surface area contributed by atoms with Crippen molar-refractivity contribution in [3.8, 4) is 0 Å². The Balaban J connectivity index is 2.59. The molecule has 0 aliphatic heterocycles. The average Bonchev–Trinajstić information content (AvgIpc) is 2.72. The quantitative estimate of drug-likeness (QED) is 0.754. The highest BCUT2D eigenvalue weighted by Crippen LogP contribution is 2.10. The third-order valence-corrected chi connectivity index (χ3v) is 2.15. The van der Waals surface area contributed by atoms with E-state index in [1.165, 1.54) is 23.0 Å². The lowest BCUT2D eigenvalue weighted by atomic mass is 10.3. The van der Waals surface area contributed by atoms with Gasteiger partial charge in [0, 0.05) is 6.20 Å². The van der Waals surface area contributed by atoms with E-state index < -0.39 is 11.9 Å². The van der Waals surface area contributed by atoms with E-state index in [0.717, 1.165) is 0 Å². The van der Waals surface area contributed by atoms with Gasteiger partial charge in [0.25, 0.3) is 5.91 Å². The van der Waals surface area contributed by atoms with E-state index in [0.29, 0.717) is 0 Å². The highest BCUT2D eigenvalue weighted by molar-refractivity contribution is 5.99. The van der Waals surface area contributed by atoms with Gasteiger partial charge in [0.05, 0.1) is 12.8 Å². The molecule has 2 aromatic rings. The molecule has 88 valence electrons. The number of fused-ring (bicyclic) bond motifs is 1. The van der Waals surface area contributed by atoms with Crippen molar-refractivity contribution in [3.63, 3.8) is 0 Å². The predicted molar refractivity (Wildman–Crippen MR) is 57.5 cm³/mol. The third kappa shape index (κ3) is 1.82.